The fourth-order valence-electron chi connectivity index (χ4n) is 5.01. The molecule has 2 saturated heterocycles. The third-order valence-electron chi connectivity index (χ3n) is 6.99. The molecule has 0 aromatic rings. The molecule has 30 heavy (non-hydrogen) atoms. The first-order chi connectivity index (χ1) is 14.3. The number of epoxide rings is 2. The summed E-state index contributed by atoms with van der Waals surface area (Å²) in [7, 11) is 0. The van der Waals surface area contributed by atoms with E-state index in [2.05, 4.69) is 65.8 Å². The Labute approximate surface area is 187 Å². The summed E-state index contributed by atoms with van der Waals surface area (Å²) in [6.07, 6.45) is 26.3. The molecule has 2 fully saturated rings. The van der Waals surface area contributed by atoms with Gasteiger partial charge in [0.25, 0.3) is 0 Å². The molecule has 0 saturated carbocycles. The van der Waals surface area contributed by atoms with Crippen molar-refractivity contribution in [3.8, 4) is 0 Å². The Kier molecular flexibility index (Phi) is 10.6. The van der Waals surface area contributed by atoms with E-state index < -0.39 is 0 Å². The molecule has 0 N–H and O–H groups in total. The van der Waals surface area contributed by atoms with E-state index in [9.17, 15) is 0 Å². The molecule has 0 spiro atoms. The largest absolute Gasteiger partial charge is 0.369 e. The molecule has 2 heterocycles. The number of unbranched alkanes of at least 4 members (excludes halogenated alkanes) is 7. The van der Waals surface area contributed by atoms with Crippen LogP contribution < -0.4 is 0 Å². The van der Waals surface area contributed by atoms with Gasteiger partial charge in [0.05, 0.1) is 18.3 Å². The first-order valence-electron chi connectivity index (χ1n) is 12.9. The van der Waals surface area contributed by atoms with Crippen LogP contribution in [-0.4, -0.2) is 24.4 Å². The van der Waals surface area contributed by atoms with E-state index in [-0.39, 0.29) is 5.41 Å². The van der Waals surface area contributed by atoms with Crippen molar-refractivity contribution in [1.82, 2.24) is 0 Å². The molecule has 0 aliphatic carbocycles. The van der Waals surface area contributed by atoms with Crippen LogP contribution in [0, 0.1) is 10.8 Å². The minimum absolute atomic E-state index is 0.188. The van der Waals surface area contributed by atoms with Crippen LogP contribution in [0.5, 0.6) is 0 Å². The van der Waals surface area contributed by atoms with Crippen molar-refractivity contribution in [2.45, 2.75) is 143 Å². The molecular formula is C28H50O2. The predicted molar refractivity (Wildman–Crippen MR) is 130 cm³/mol. The van der Waals surface area contributed by atoms with Gasteiger partial charge in [-0.15, -0.1) is 0 Å². The molecule has 0 bridgehead atoms. The van der Waals surface area contributed by atoms with Gasteiger partial charge in [0.1, 0.15) is 6.10 Å². The molecule has 2 aliphatic heterocycles. The van der Waals surface area contributed by atoms with Crippen LogP contribution in [0.4, 0.5) is 0 Å². The monoisotopic (exact) mass is 418 g/mol. The van der Waals surface area contributed by atoms with Crippen LogP contribution >= 0.6 is 0 Å². The number of rotatable bonds is 17. The van der Waals surface area contributed by atoms with Crippen molar-refractivity contribution < 1.29 is 9.47 Å². The van der Waals surface area contributed by atoms with E-state index in [1.54, 1.807) is 0 Å². The van der Waals surface area contributed by atoms with Crippen LogP contribution in [0.25, 0.3) is 0 Å². The standard InChI is InChI=1S/C28H50O2/c1-7-9-10-11-12-13-14-15-16-17-18-19-20-23-25(29-23)28(5,6)22-24-26(30-24)27(3,4)21-8-2/h15-16,19-20,23-26H,7-14,17-18,21-22H2,1-6H3/b16-15+,20-19+. The molecule has 0 aromatic carbocycles. The van der Waals surface area contributed by atoms with Crippen LogP contribution in [0.1, 0.15) is 119 Å². The van der Waals surface area contributed by atoms with Crippen LogP contribution in [0.15, 0.2) is 24.3 Å². The topological polar surface area (TPSA) is 25.1 Å². The fourth-order valence-corrected chi connectivity index (χ4v) is 5.01. The lowest BCUT2D eigenvalue weighted by Gasteiger charge is -2.24. The zero-order valence-corrected chi connectivity index (χ0v) is 20.9. The van der Waals surface area contributed by atoms with Gasteiger partial charge in [0.2, 0.25) is 0 Å². The van der Waals surface area contributed by atoms with Crippen LogP contribution in [0.2, 0.25) is 0 Å². The van der Waals surface area contributed by atoms with E-state index in [1.165, 1.54) is 57.8 Å². The summed E-state index contributed by atoms with van der Waals surface area (Å²) in [6.45, 7) is 14.0. The van der Waals surface area contributed by atoms with Crippen LogP contribution in [0.3, 0.4) is 0 Å². The zero-order valence-electron chi connectivity index (χ0n) is 20.9. The smallest absolute Gasteiger partial charge is 0.103 e. The molecule has 2 heteroatoms. The SMILES string of the molecule is CCCCCCCC/C=C/CC/C=C/C1OC1C(C)(C)CC1OC1C(C)(C)CCC. The van der Waals surface area contributed by atoms with Crippen molar-refractivity contribution in [2.24, 2.45) is 10.8 Å². The van der Waals surface area contributed by atoms with Gasteiger partial charge < -0.3 is 9.47 Å². The van der Waals surface area contributed by atoms with Gasteiger partial charge in [0.15, 0.2) is 0 Å². The Morgan fingerprint density at radius 3 is 2.07 bits per heavy atom. The Morgan fingerprint density at radius 2 is 1.33 bits per heavy atom. The van der Waals surface area contributed by atoms with Crippen molar-refractivity contribution in [3.63, 3.8) is 0 Å². The van der Waals surface area contributed by atoms with Gasteiger partial charge in [0, 0.05) is 0 Å². The third kappa shape index (κ3) is 8.87. The maximum Gasteiger partial charge on any atom is 0.103 e. The maximum atomic E-state index is 6.08. The molecular weight excluding hydrogens is 368 g/mol. The first kappa shape index (κ1) is 25.7. The summed E-state index contributed by atoms with van der Waals surface area (Å²) in [5.74, 6) is 0. The summed E-state index contributed by atoms with van der Waals surface area (Å²) in [6, 6.07) is 0. The summed E-state index contributed by atoms with van der Waals surface area (Å²) >= 11 is 0. The lowest BCUT2D eigenvalue weighted by molar-refractivity contribution is 0.198. The summed E-state index contributed by atoms with van der Waals surface area (Å²) in [5.41, 5.74) is 0.496. The van der Waals surface area contributed by atoms with E-state index in [0.717, 1.165) is 19.3 Å². The maximum absolute atomic E-state index is 6.08. The summed E-state index contributed by atoms with van der Waals surface area (Å²) in [4.78, 5) is 0. The van der Waals surface area contributed by atoms with E-state index in [1.807, 2.05) is 0 Å². The Bertz CT molecular complexity index is 531. The number of allylic oxidation sites excluding steroid dienone is 3. The lowest BCUT2D eigenvalue weighted by atomic mass is 9.77. The van der Waals surface area contributed by atoms with Crippen molar-refractivity contribution in [1.29, 1.82) is 0 Å². The molecule has 2 aliphatic rings. The predicted octanol–water partition coefficient (Wildman–Crippen LogP) is 8.41. The minimum Gasteiger partial charge on any atom is -0.369 e. The average molecular weight is 419 g/mol. The first-order valence-corrected chi connectivity index (χ1v) is 12.9. The van der Waals surface area contributed by atoms with Gasteiger partial charge in [-0.25, -0.2) is 0 Å². The lowest BCUT2D eigenvalue weighted by Crippen LogP contribution is -2.27. The van der Waals surface area contributed by atoms with Gasteiger partial charge in [-0.1, -0.05) is 104 Å². The van der Waals surface area contributed by atoms with Gasteiger partial charge in [-0.3, -0.25) is 0 Å². The van der Waals surface area contributed by atoms with Gasteiger partial charge >= 0.3 is 0 Å². The normalized spacial score (nSPS) is 26.7. The van der Waals surface area contributed by atoms with Crippen molar-refractivity contribution >= 4 is 0 Å². The van der Waals surface area contributed by atoms with E-state index >= 15 is 0 Å². The molecule has 174 valence electrons. The molecule has 0 radical (unpaired) electrons. The summed E-state index contributed by atoms with van der Waals surface area (Å²) < 4.78 is 12.1. The highest BCUT2D eigenvalue weighted by Crippen LogP contribution is 2.50. The third-order valence-corrected chi connectivity index (χ3v) is 6.99. The van der Waals surface area contributed by atoms with Gasteiger partial charge in [-0.05, 0) is 49.4 Å². The van der Waals surface area contributed by atoms with E-state index in [4.69, 9.17) is 9.47 Å². The summed E-state index contributed by atoms with van der Waals surface area (Å²) in [5, 5.41) is 0. The average Bonchev–Trinajstić information content (AvgIpc) is 3.58. The van der Waals surface area contributed by atoms with Crippen molar-refractivity contribution in [2.75, 3.05) is 0 Å². The number of hydrogen-bond donors (Lipinski definition) is 0. The Hall–Kier alpha value is -0.600. The molecule has 0 aromatic heterocycles. The fraction of sp³-hybridized carbons (Fsp3) is 0.857. The second-order valence-corrected chi connectivity index (χ2v) is 11.1. The molecule has 0 amide bonds. The van der Waals surface area contributed by atoms with Crippen molar-refractivity contribution in [3.05, 3.63) is 24.3 Å². The molecule has 2 rings (SSSR count). The van der Waals surface area contributed by atoms with Crippen LogP contribution in [-0.2, 0) is 9.47 Å². The zero-order chi connectivity index (χ0) is 22.0. The van der Waals surface area contributed by atoms with E-state index in [0.29, 0.717) is 29.8 Å². The Balaban J connectivity index is 1.54. The molecule has 4 unspecified atom stereocenters. The molecule has 4 atom stereocenters. The molecule has 2 nitrogen and oxygen atoms in total. The second-order valence-electron chi connectivity index (χ2n) is 11.1. The Morgan fingerprint density at radius 1 is 0.667 bits per heavy atom. The van der Waals surface area contributed by atoms with Gasteiger partial charge in [-0.2, -0.15) is 0 Å². The number of ether oxygens (including phenoxy) is 2. The minimum atomic E-state index is 0.188. The highest BCUT2D eigenvalue weighted by molar-refractivity contribution is 5.10. The quantitative estimate of drug-likeness (QED) is 0.134. The highest BCUT2D eigenvalue weighted by Gasteiger charge is 2.55. The number of hydrogen-bond acceptors (Lipinski definition) is 2. The second kappa shape index (κ2) is 12.4. The highest BCUT2D eigenvalue weighted by atomic mass is 16.6.